The molecule has 0 fully saturated rings. The molecule has 0 amide bonds. The standard InChI is InChI=1S/C44H79NO7/c1-6-8-10-12-14-16-18-19-20-21-22-23-25-27-29-31-33-35-43(47)52-40(38-50-37-36-41(44(48)49)45(3,4)5)39-51-42(46)34-32-30-28-26-24-17-15-13-11-9-7-2/h13-16,19-20,40-41H,6-12,17-18,21-39H2,1-5H3/p+1/b15-13+,16-14+,20-19+. The number of ether oxygens (including phenoxy) is 3. The molecule has 2 atom stereocenters. The van der Waals surface area contributed by atoms with E-state index in [0.717, 1.165) is 64.2 Å². The Labute approximate surface area is 319 Å². The molecule has 0 rings (SSSR count). The third-order valence-corrected chi connectivity index (χ3v) is 9.26. The molecule has 8 heteroatoms. The summed E-state index contributed by atoms with van der Waals surface area (Å²) in [7, 11) is 5.51. The van der Waals surface area contributed by atoms with Crippen LogP contribution in [0.15, 0.2) is 36.5 Å². The van der Waals surface area contributed by atoms with Gasteiger partial charge in [-0.15, -0.1) is 0 Å². The first-order chi connectivity index (χ1) is 25.1. The zero-order valence-corrected chi connectivity index (χ0v) is 34.3. The lowest BCUT2D eigenvalue weighted by Crippen LogP contribution is -2.50. The fraction of sp³-hybridized carbons (Fsp3) is 0.795. The van der Waals surface area contributed by atoms with Gasteiger partial charge in [0.1, 0.15) is 6.61 Å². The van der Waals surface area contributed by atoms with Gasteiger partial charge < -0.3 is 23.8 Å². The molecule has 0 aromatic heterocycles. The Morgan fingerprint density at radius 3 is 1.56 bits per heavy atom. The van der Waals surface area contributed by atoms with Gasteiger partial charge in [-0.1, -0.05) is 127 Å². The molecule has 52 heavy (non-hydrogen) atoms. The molecule has 2 unspecified atom stereocenters. The average Bonchev–Trinajstić information content (AvgIpc) is 3.09. The summed E-state index contributed by atoms with van der Waals surface area (Å²) in [6.07, 6.45) is 38.9. The number of carbonyl (C=O) groups is 3. The van der Waals surface area contributed by atoms with Crippen molar-refractivity contribution in [3.63, 3.8) is 0 Å². The lowest BCUT2D eigenvalue weighted by Gasteiger charge is -2.31. The molecule has 0 saturated heterocycles. The SMILES string of the molecule is CCCC/C=C/CCCCCCCC(=O)OCC(COCCC(C(=O)O)[N+](C)(C)C)OC(=O)CCCCCCCCC/C=C/C/C=C/CCCCC. The maximum absolute atomic E-state index is 12.7. The average molecular weight is 735 g/mol. The van der Waals surface area contributed by atoms with Crippen molar-refractivity contribution in [3.8, 4) is 0 Å². The third kappa shape index (κ3) is 33.4. The zero-order valence-electron chi connectivity index (χ0n) is 34.3. The fourth-order valence-electron chi connectivity index (χ4n) is 5.92. The fourth-order valence-corrected chi connectivity index (χ4v) is 5.92. The summed E-state index contributed by atoms with van der Waals surface area (Å²) >= 11 is 0. The molecule has 0 saturated carbocycles. The Bertz CT molecular complexity index is 953. The van der Waals surface area contributed by atoms with Crippen LogP contribution in [0.1, 0.15) is 174 Å². The van der Waals surface area contributed by atoms with Crippen LogP contribution < -0.4 is 0 Å². The molecule has 0 aliphatic carbocycles. The highest BCUT2D eigenvalue weighted by atomic mass is 16.6. The lowest BCUT2D eigenvalue weighted by atomic mass is 10.1. The smallest absolute Gasteiger partial charge is 0.362 e. The van der Waals surface area contributed by atoms with E-state index in [1.165, 1.54) is 77.0 Å². The van der Waals surface area contributed by atoms with E-state index in [0.29, 0.717) is 19.3 Å². The third-order valence-electron chi connectivity index (χ3n) is 9.26. The van der Waals surface area contributed by atoms with Gasteiger partial charge in [-0.3, -0.25) is 9.59 Å². The molecule has 0 aromatic rings. The van der Waals surface area contributed by atoms with Crippen molar-refractivity contribution in [3.05, 3.63) is 36.5 Å². The van der Waals surface area contributed by atoms with Crippen LogP contribution in [-0.2, 0) is 28.6 Å². The molecular weight excluding hydrogens is 654 g/mol. The molecular formula is C44H80NO7+. The van der Waals surface area contributed by atoms with E-state index in [2.05, 4.69) is 50.3 Å². The molecule has 0 bridgehead atoms. The minimum Gasteiger partial charge on any atom is -0.477 e. The minimum atomic E-state index is -0.878. The number of rotatable bonds is 37. The second kappa shape index (κ2) is 35.6. The maximum Gasteiger partial charge on any atom is 0.362 e. The van der Waals surface area contributed by atoms with Crippen molar-refractivity contribution in [1.82, 2.24) is 0 Å². The zero-order chi connectivity index (χ0) is 38.5. The number of unbranched alkanes of at least 4 members (excludes halogenated alkanes) is 17. The molecule has 8 nitrogen and oxygen atoms in total. The summed E-state index contributed by atoms with van der Waals surface area (Å²) in [4.78, 5) is 36.9. The van der Waals surface area contributed by atoms with Gasteiger partial charge in [0, 0.05) is 19.3 Å². The van der Waals surface area contributed by atoms with E-state index in [1.54, 1.807) is 0 Å². The van der Waals surface area contributed by atoms with Crippen molar-refractivity contribution in [1.29, 1.82) is 0 Å². The van der Waals surface area contributed by atoms with E-state index in [4.69, 9.17) is 14.2 Å². The molecule has 1 N–H and O–H groups in total. The van der Waals surface area contributed by atoms with Crippen LogP contribution in [0, 0.1) is 0 Å². The van der Waals surface area contributed by atoms with Crippen molar-refractivity contribution >= 4 is 17.9 Å². The number of carboxylic acid groups (broad SMARTS) is 1. The van der Waals surface area contributed by atoms with Gasteiger partial charge in [0.2, 0.25) is 0 Å². The maximum atomic E-state index is 12.7. The van der Waals surface area contributed by atoms with Gasteiger partial charge in [0.05, 0.1) is 34.4 Å². The van der Waals surface area contributed by atoms with Crippen LogP contribution in [-0.4, -0.2) is 80.6 Å². The van der Waals surface area contributed by atoms with Crippen molar-refractivity contribution < 1.29 is 38.2 Å². The number of aliphatic carboxylic acids is 1. The first-order valence-corrected chi connectivity index (χ1v) is 21.0. The predicted molar refractivity (Wildman–Crippen MR) is 215 cm³/mol. The molecule has 0 aliphatic rings. The number of hydrogen-bond acceptors (Lipinski definition) is 6. The van der Waals surface area contributed by atoms with E-state index >= 15 is 0 Å². The van der Waals surface area contributed by atoms with Gasteiger partial charge in [-0.05, 0) is 64.2 Å². The Hall–Kier alpha value is -2.45. The second-order valence-electron chi connectivity index (χ2n) is 15.2. The van der Waals surface area contributed by atoms with Gasteiger partial charge in [-0.25, -0.2) is 4.79 Å². The van der Waals surface area contributed by atoms with Crippen LogP contribution in [0.3, 0.4) is 0 Å². The Morgan fingerprint density at radius 1 is 0.577 bits per heavy atom. The number of allylic oxidation sites excluding steroid dienone is 6. The molecule has 0 radical (unpaired) electrons. The first-order valence-electron chi connectivity index (χ1n) is 21.0. The van der Waals surface area contributed by atoms with Gasteiger partial charge in [-0.2, -0.15) is 0 Å². The Kier molecular flexibility index (Phi) is 33.9. The van der Waals surface area contributed by atoms with E-state index in [1.807, 2.05) is 21.1 Å². The normalized spacial score (nSPS) is 13.3. The van der Waals surface area contributed by atoms with Crippen molar-refractivity contribution in [2.24, 2.45) is 0 Å². The summed E-state index contributed by atoms with van der Waals surface area (Å²) in [5, 5.41) is 9.60. The highest BCUT2D eigenvalue weighted by molar-refractivity contribution is 5.72. The summed E-state index contributed by atoms with van der Waals surface area (Å²) in [6, 6.07) is -0.615. The molecule has 302 valence electrons. The Balaban J connectivity index is 4.38. The quantitative estimate of drug-likeness (QED) is 0.0293. The lowest BCUT2D eigenvalue weighted by molar-refractivity contribution is -0.887. The highest BCUT2D eigenvalue weighted by Gasteiger charge is 2.31. The Morgan fingerprint density at radius 2 is 1.04 bits per heavy atom. The van der Waals surface area contributed by atoms with Crippen LogP contribution in [0.2, 0.25) is 0 Å². The second-order valence-corrected chi connectivity index (χ2v) is 15.2. The predicted octanol–water partition coefficient (Wildman–Crippen LogP) is 11.1. The highest BCUT2D eigenvalue weighted by Crippen LogP contribution is 2.13. The number of nitrogens with zero attached hydrogens (tertiary/aromatic N) is 1. The van der Waals surface area contributed by atoms with Crippen molar-refractivity contribution in [2.75, 3.05) is 41.0 Å². The summed E-state index contributed by atoms with van der Waals surface area (Å²) in [5.41, 5.74) is 0. The molecule has 0 aliphatic heterocycles. The van der Waals surface area contributed by atoms with Crippen LogP contribution in [0.5, 0.6) is 0 Å². The number of carboxylic acids is 1. The first kappa shape index (κ1) is 49.6. The van der Waals surface area contributed by atoms with Crippen molar-refractivity contribution in [2.45, 2.75) is 187 Å². The summed E-state index contributed by atoms with van der Waals surface area (Å²) in [5.74, 6) is -1.49. The monoisotopic (exact) mass is 735 g/mol. The van der Waals surface area contributed by atoms with E-state index in [-0.39, 0.29) is 36.2 Å². The summed E-state index contributed by atoms with van der Waals surface area (Å²) < 4.78 is 17.2. The number of hydrogen-bond donors (Lipinski definition) is 1. The number of carbonyl (C=O) groups excluding carboxylic acids is 2. The van der Waals surface area contributed by atoms with Crippen LogP contribution in [0.4, 0.5) is 0 Å². The topological polar surface area (TPSA) is 99.1 Å². The number of esters is 2. The molecule has 0 spiro atoms. The van der Waals surface area contributed by atoms with Gasteiger partial charge in [0.25, 0.3) is 0 Å². The van der Waals surface area contributed by atoms with Crippen LogP contribution >= 0.6 is 0 Å². The van der Waals surface area contributed by atoms with E-state index < -0.39 is 18.1 Å². The number of likely N-dealkylation sites (N-methyl/N-ethyl adjacent to an activating group) is 1. The molecule has 0 heterocycles. The van der Waals surface area contributed by atoms with E-state index in [9.17, 15) is 19.5 Å². The van der Waals surface area contributed by atoms with Crippen LogP contribution in [0.25, 0.3) is 0 Å². The summed E-state index contributed by atoms with van der Waals surface area (Å²) in [6.45, 7) is 4.65. The largest absolute Gasteiger partial charge is 0.477 e. The van der Waals surface area contributed by atoms with Gasteiger partial charge >= 0.3 is 17.9 Å². The van der Waals surface area contributed by atoms with Gasteiger partial charge in [0.15, 0.2) is 12.1 Å². The minimum absolute atomic E-state index is 0.0559. The number of quaternary nitrogens is 1. The molecule has 0 aromatic carbocycles.